The monoisotopic (exact) mass is 374 g/mol. The minimum absolute atomic E-state index is 0.000139. The fraction of sp³-hybridized carbons (Fsp3) is 0.455. The molecule has 0 amide bonds. The highest BCUT2D eigenvalue weighted by Gasteiger charge is 2.27. The predicted molar refractivity (Wildman–Crippen MR) is 106 cm³/mol. The lowest BCUT2D eigenvalue weighted by molar-refractivity contribution is 0.186. The van der Waals surface area contributed by atoms with Crippen LogP contribution in [0.5, 0.6) is 23.0 Å². The first-order valence-corrected chi connectivity index (χ1v) is 9.04. The molecule has 0 heterocycles. The van der Waals surface area contributed by atoms with Crippen molar-refractivity contribution in [3.63, 3.8) is 0 Å². The molecule has 2 aromatic carbocycles. The Kier molecular flexibility index (Phi) is 7.36. The van der Waals surface area contributed by atoms with Gasteiger partial charge in [-0.1, -0.05) is 13.8 Å². The molecule has 148 valence electrons. The van der Waals surface area contributed by atoms with E-state index in [9.17, 15) is 5.11 Å². The fourth-order valence-electron chi connectivity index (χ4n) is 3.31. The summed E-state index contributed by atoms with van der Waals surface area (Å²) in [4.78, 5) is 0. The minimum atomic E-state index is 0.000139. The number of aliphatic hydroxyl groups is 1. The molecule has 27 heavy (non-hydrogen) atoms. The fourth-order valence-corrected chi connectivity index (χ4v) is 3.31. The number of methoxy groups -OCH3 is 4. The summed E-state index contributed by atoms with van der Waals surface area (Å²) in [6.07, 6.45) is 0. The topological polar surface area (TPSA) is 57.2 Å². The highest BCUT2D eigenvalue weighted by molar-refractivity contribution is 5.47. The Morgan fingerprint density at radius 2 is 1.00 bits per heavy atom. The van der Waals surface area contributed by atoms with Crippen molar-refractivity contribution in [1.29, 1.82) is 0 Å². The van der Waals surface area contributed by atoms with E-state index < -0.39 is 0 Å². The van der Waals surface area contributed by atoms with Crippen LogP contribution in [0.15, 0.2) is 36.4 Å². The standard InChI is InChI=1S/C22H30O5/c1-14(13-23)15(2)22(16-7-18(24-3)11-19(8-16)25-4)17-9-20(26-5)12-21(10-17)27-6/h7-12,14-15,22-23H,13H2,1-6H3/t14-,15+/m0/s1. The Bertz CT molecular complexity index is 643. The molecular formula is C22H30O5. The van der Waals surface area contributed by atoms with Gasteiger partial charge in [-0.25, -0.2) is 0 Å². The van der Waals surface area contributed by atoms with Gasteiger partial charge in [0.2, 0.25) is 0 Å². The van der Waals surface area contributed by atoms with Gasteiger partial charge >= 0.3 is 0 Å². The zero-order valence-electron chi connectivity index (χ0n) is 17.0. The van der Waals surface area contributed by atoms with Crippen molar-refractivity contribution in [2.24, 2.45) is 11.8 Å². The molecule has 0 aromatic heterocycles. The van der Waals surface area contributed by atoms with E-state index in [4.69, 9.17) is 18.9 Å². The Morgan fingerprint density at radius 1 is 0.667 bits per heavy atom. The van der Waals surface area contributed by atoms with E-state index in [0.29, 0.717) is 0 Å². The van der Waals surface area contributed by atoms with Gasteiger partial charge in [-0.05, 0) is 47.2 Å². The van der Waals surface area contributed by atoms with Crippen molar-refractivity contribution < 1.29 is 24.1 Å². The van der Waals surface area contributed by atoms with Crippen LogP contribution in [-0.4, -0.2) is 40.2 Å². The second-order valence-corrected chi connectivity index (χ2v) is 6.79. The van der Waals surface area contributed by atoms with E-state index in [2.05, 4.69) is 6.92 Å². The third-order valence-electron chi connectivity index (χ3n) is 5.18. The Labute approximate surface area is 161 Å². The predicted octanol–water partition coefficient (Wildman–Crippen LogP) is 4.12. The van der Waals surface area contributed by atoms with Gasteiger partial charge in [0, 0.05) is 24.7 Å². The molecule has 0 aliphatic rings. The molecule has 0 unspecified atom stereocenters. The van der Waals surface area contributed by atoms with Crippen LogP contribution in [0.1, 0.15) is 30.9 Å². The maximum Gasteiger partial charge on any atom is 0.122 e. The number of hydrogen-bond donors (Lipinski definition) is 1. The normalized spacial score (nSPS) is 13.2. The van der Waals surface area contributed by atoms with Gasteiger partial charge in [0.05, 0.1) is 28.4 Å². The van der Waals surface area contributed by atoms with E-state index in [1.54, 1.807) is 28.4 Å². The number of aliphatic hydroxyl groups excluding tert-OH is 1. The lowest BCUT2D eigenvalue weighted by Gasteiger charge is -2.30. The van der Waals surface area contributed by atoms with Crippen LogP contribution in [0, 0.1) is 11.8 Å². The van der Waals surface area contributed by atoms with Gasteiger partial charge in [-0.3, -0.25) is 0 Å². The van der Waals surface area contributed by atoms with E-state index in [-0.39, 0.29) is 24.4 Å². The second-order valence-electron chi connectivity index (χ2n) is 6.79. The molecule has 2 aromatic rings. The van der Waals surface area contributed by atoms with Crippen LogP contribution >= 0.6 is 0 Å². The summed E-state index contributed by atoms with van der Waals surface area (Å²) in [6, 6.07) is 11.8. The van der Waals surface area contributed by atoms with Crippen LogP contribution < -0.4 is 18.9 Å². The molecule has 0 bridgehead atoms. The molecule has 0 saturated heterocycles. The van der Waals surface area contributed by atoms with Gasteiger partial charge in [0.25, 0.3) is 0 Å². The summed E-state index contributed by atoms with van der Waals surface area (Å²) in [7, 11) is 6.56. The SMILES string of the molecule is COc1cc(OC)cc(C(c2cc(OC)cc(OC)c2)[C@H](C)[C@@H](C)CO)c1. The summed E-state index contributed by atoms with van der Waals surface area (Å²) in [5, 5.41) is 9.75. The molecule has 1 N–H and O–H groups in total. The molecule has 2 rings (SSSR count). The minimum Gasteiger partial charge on any atom is -0.497 e. The Hall–Kier alpha value is -2.40. The molecule has 0 aliphatic heterocycles. The summed E-state index contributed by atoms with van der Waals surface area (Å²) < 4.78 is 21.8. The van der Waals surface area contributed by atoms with Crippen molar-refractivity contribution in [3.05, 3.63) is 47.5 Å². The molecule has 2 atom stereocenters. The first kappa shape index (κ1) is 20.9. The zero-order chi connectivity index (χ0) is 20.0. The third kappa shape index (κ3) is 4.86. The van der Waals surface area contributed by atoms with Crippen molar-refractivity contribution >= 4 is 0 Å². The largest absolute Gasteiger partial charge is 0.497 e. The number of rotatable bonds is 9. The molecule has 5 nitrogen and oxygen atoms in total. The van der Waals surface area contributed by atoms with Crippen LogP contribution in [-0.2, 0) is 0 Å². The number of hydrogen-bond acceptors (Lipinski definition) is 5. The molecule has 0 aliphatic carbocycles. The second kappa shape index (κ2) is 9.51. The van der Waals surface area contributed by atoms with Gasteiger partial charge < -0.3 is 24.1 Å². The van der Waals surface area contributed by atoms with Crippen molar-refractivity contribution in [1.82, 2.24) is 0 Å². The van der Waals surface area contributed by atoms with E-state index in [1.165, 1.54) is 0 Å². The van der Waals surface area contributed by atoms with Gasteiger partial charge in [0.15, 0.2) is 0 Å². The summed E-state index contributed by atoms with van der Waals surface area (Å²) in [6.45, 7) is 4.30. The summed E-state index contributed by atoms with van der Waals surface area (Å²) >= 11 is 0. The van der Waals surface area contributed by atoms with Crippen molar-refractivity contribution in [2.45, 2.75) is 19.8 Å². The van der Waals surface area contributed by atoms with Crippen LogP contribution in [0.2, 0.25) is 0 Å². The molecule has 0 radical (unpaired) electrons. The van der Waals surface area contributed by atoms with E-state index >= 15 is 0 Å². The molecule has 0 spiro atoms. The van der Waals surface area contributed by atoms with E-state index in [1.807, 2.05) is 43.3 Å². The van der Waals surface area contributed by atoms with E-state index in [0.717, 1.165) is 34.1 Å². The van der Waals surface area contributed by atoms with Gasteiger partial charge in [0.1, 0.15) is 23.0 Å². The van der Waals surface area contributed by atoms with Gasteiger partial charge in [-0.15, -0.1) is 0 Å². The molecular weight excluding hydrogens is 344 g/mol. The molecule has 0 saturated carbocycles. The molecule has 5 heteroatoms. The highest BCUT2D eigenvalue weighted by atomic mass is 16.5. The van der Waals surface area contributed by atoms with Crippen molar-refractivity contribution in [3.8, 4) is 23.0 Å². The smallest absolute Gasteiger partial charge is 0.122 e. The number of ether oxygens (including phenoxy) is 4. The maximum absolute atomic E-state index is 9.75. The first-order valence-electron chi connectivity index (χ1n) is 9.04. The van der Waals surface area contributed by atoms with Crippen LogP contribution in [0.4, 0.5) is 0 Å². The summed E-state index contributed by atoms with van der Waals surface area (Å²) in [5.74, 6) is 3.18. The lowest BCUT2D eigenvalue weighted by atomic mass is 9.76. The highest BCUT2D eigenvalue weighted by Crippen LogP contribution is 2.41. The Balaban J connectivity index is 2.66. The average Bonchev–Trinajstić information content (AvgIpc) is 2.72. The average molecular weight is 374 g/mol. The van der Waals surface area contributed by atoms with Crippen LogP contribution in [0.3, 0.4) is 0 Å². The Morgan fingerprint density at radius 3 is 1.26 bits per heavy atom. The first-order chi connectivity index (χ1) is 13.0. The lowest BCUT2D eigenvalue weighted by Crippen LogP contribution is -2.21. The van der Waals surface area contributed by atoms with Gasteiger partial charge in [-0.2, -0.15) is 0 Å². The number of benzene rings is 2. The summed E-state index contributed by atoms with van der Waals surface area (Å²) in [5.41, 5.74) is 2.10. The maximum atomic E-state index is 9.75. The van der Waals surface area contributed by atoms with Crippen molar-refractivity contribution in [2.75, 3.05) is 35.0 Å². The molecule has 0 fully saturated rings. The van der Waals surface area contributed by atoms with Crippen LogP contribution in [0.25, 0.3) is 0 Å². The third-order valence-corrected chi connectivity index (χ3v) is 5.18. The quantitative estimate of drug-likeness (QED) is 0.716. The zero-order valence-corrected chi connectivity index (χ0v) is 17.0.